The standard InChI is InChI=1S/C22H18N2O4/c1-2-14-5-3-6-16(11-14)23-20(25)15-8-9-18-19(12-15)22(27)24(21(18)26)13-17-7-4-10-28-17/h1,3,5-6,8-9,11-12,17H,4,7,10,13H2,(H,23,25). The van der Waals surface area contributed by atoms with Gasteiger partial charge in [-0.1, -0.05) is 12.0 Å². The molecule has 2 aliphatic heterocycles. The molecule has 0 radical (unpaired) electrons. The molecule has 2 aliphatic rings. The molecule has 0 saturated carbocycles. The fraction of sp³-hybridized carbons (Fsp3) is 0.227. The zero-order valence-corrected chi connectivity index (χ0v) is 15.1. The number of hydrogen-bond donors (Lipinski definition) is 1. The predicted molar refractivity (Wildman–Crippen MR) is 103 cm³/mol. The third-order valence-corrected chi connectivity index (χ3v) is 4.93. The van der Waals surface area contributed by atoms with Gasteiger partial charge in [-0.05, 0) is 49.2 Å². The molecule has 28 heavy (non-hydrogen) atoms. The number of ether oxygens (including phenoxy) is 1. The summed E-state index contributed by atoms with van der Waals surface area (Å²) in [6.45, 7) is 0.895. The number of terminal acetylenes is 1. The first kappa shape index (κ1) is 18.0. The van der Waals surface area contributed by atoms with Gasteiger partial charge < -0.3 is 10.1 Å². The van der Waals surface area contributed by atoms with Crippen molar-refractivity contribution < 1.29 is 19.1 Å². The highest BCUT2D eigenvalue weighted by atomic mass is 16.5. The monoisotopic (exact) mass is 374 g/mol. The van der Waals surface area contributed by atoms with Gasteiger partial charge in [0.05, 0.1) is 23.8 Å². The molecular formula is C22H18N2O4. The first-order valence-electron chi connectivity index (χ1n) is 9.06. The molecule has 0 spiro atoms. The molecule has 0 aliphatic carbocycles. The molecule has 1 fully saturated rings. The molecule has 1 N–H and O–H groups in total. The van der Waals surface area contributed by atoms with E-state index in [2.05, 4.69) is 11.2 Å². The van der Waals surface area contributed by atoms with Crippen LogP contribution >= 0.6 is 0 Å². The summed E-state index contributed by atoms with van der Waals surface area (Å²) in [6.07, 6.45) is 7.02. The maximum Gasteiger partial charge on any atom is 0.261 e. The number of anilines is 1. The molecule has 6 nitrogen and oxygen atoms in total. The maximum absolute atomic E-state index is 12.7. The Bertz CT molecular complexity index is 1020. The van der Waals surface area contributed by atoms with Crippen LogP contribution < -0.4 is 5.32 Å². The summed E-state index contributed by atoms with van der Waals surface area (Å²) in [4.78, 5) is 39.1. The first-order chi connectivity index (χ1) is 13.6. The number of carbonyl (C=O) groups is 3. The summed E-state index contributed by atoms with van der Waals surface area (Å²) in [5, 5.41) is 2.76. The fourth-order valence-electron chi connectivity index (χ4n) is 3.48. The van der Waals surface area contributed by atoms with Crippen molar-refractivity contribution in [2.75, 3.05) is 18.5 Å². The number of hydrogen-bond acceptors (Lipinski definition) is 4. The van der Waals surface area contributed by atoms with Gasteiger partial charge in [-0.2, -0.15) is 0 Å². The van der Waals surface area contributed by atoms with Crippen molar-refractivity contribution in [2.45, 2.75) is 18.9 Å². The Labute approximate surface area is 162 Å². The van der Waals surface area contributed by atoms with Gasteiger partial charge in [0.1, 0.15) is 0 Å². The number of rotatable bonds is 4. The van der Waals surface area contributed by atoms with Crippen LogP contribution in [0.5, 0.6) is 0 Å². The number of nitrogens with zero attached hydrogens (tertiary/aromatic N) is 1. The van der Waals surface area contributed by atoms with Crippen LogP contribution in [0, 0.1) is 12.3 Å². The van der Waals surface area contributed by atoms with E-state index in [1.165, 1.54) is 17.0 Å². The molecule has 0 aromatic heterocycles. The molecule has 140 valence electrons. The van der Waals surface area contributed by atoms with Crippen LogP contribution in [-0.2, 0) is 4.74 Å². The van der Waals surface area contributed by atoms with Crippen LogP contribution in [0.2, 0.25) is 0 Å². The van der Waals surface area contributed by atoms with E-state index in [1.54, 1.807) is 30.3 Å². The van der Waals surface area contributed by atoms with E-state index >= 15 is 0 Å². The van der Waals surface area contributed by atoms with Crippen molar-refractivity contribution in [3.05, 3.63) is 64.7 Å². The molecule has 6 heteroatoms. The quantitative estimate of drug-likeness (QED) is 0.660. The molecule has 3 amide bonds. The molecule has 1 atom stereocenters. The second-order valence-corrected chi connectivity index (χ2v) is 6.80. The van der Waals surface area contributed by atoms with E-state index in [1.807, 2.05) is 0 Å². The maximum atomic E-state index is 12.7. The van der Waals surface area contributed by atoms with Crippen LogP contribution in [0.1, 0.15) is 49.5 Å². The minimum absolute atomic E-state index is 0.117. The highest BCUT2D eigenvalue weighted by molar-refractivity contribution is 6.22. The summed E-state index contributed by atoms with van der Waals surface area (Å²) in [5.41, 5.74) is 2.06. The molecule has 4 rings (SSSR count). The van der Waals surface area contributed by atoms with Crippen molar-refractivity contribution >= 4 is 23.4 Å². The molecule has 0 bridgehead atoms. The lowest BCUT2D eigenvalue weighted by Crippen LogP contribution is -2.36. The summed E-state index contributed by atoms with van der Waals surface area (Å²) in [7, 11) is 0. The van der Waals surface area contributed by atoms with E-state index in [9.17, 15) is 14.4 Å². The lowest BCUT2D eigenvalue weighted by atomic mass is 10.1. The topological polar surface area (TPSA) is 75.7 Å². The second kappa shape index (κ2) is 7.29. The Morgan fingerprint density at radius 3 is 2.75 bits per heavy atom. The average molecular weight is 374 g/mol. The van der Waals surface area contributed by atoms with Crippen molar-refractivity contribution in [1.29, 1.82) is 0 Å². The molecule has 2 aromatic carbocycles. The van der Waals surface area contributed by atoms with Gasteiger partial charge in [-0.3, -0.25) is 19.3 Å². The van der Waals surface area contributed by atoms with Gasteiger partial charge in [-0.15, -0.1) is 6.42 Å². The van der Waals surface area contributed by atoms with E-state index in [0.29, 0.717) is 29.0 Å². The van der Waals surface area contributed by atoms with Crippen LogP contribution in [0.15, 0.2) is 42.5 Å². The summed E-state index contributed by atoms with van der Waals surface area (Å²) < 4.78 is 5.53. The van der Waals surface area contributed by atoms with Crippen molar-refractivity contribution in [2.24, 2.45) is 0 Å². The second-order valence-electron chi connectivity index (χ2n) is 6.80. The molecule has 1 saturated heterocycles. The lowest BCUT2D eigenvalue weighted by Gasteiger charge is -2.17. The Morgan fingerprint density at radius 1 is 1.18 bits per heavy atom. The summed E-state index contributed by atoms with van der Waals surface area (Å²) >= 11 is 0. The van der Waals surface area contributed by atoms with E-state index in [4.69, 9.17) is 11.2 Å². The number of nitrogens with one attached hydrogen (secondary N) is 1. The number of carbonyl (C=O) groups excluding carboxylic acids is 3. The lowest BCUT2D eigenvalue weighted by molar-refractivity contribution is 0.0475. The van der Waals surface area contributed by atoms with Gasteiger partial charge in [-0.25, -0.2) is 0 Å². The largest absolute Gasteiger partial charge is 0.376 e. The van der Waals surface area contributed by atoms with Crippen LogP contribution in [-0.4, -0.2) is 41.9 Å². The van der Waals surface area contributed by atoms with Gasteiger partial charge >= 0.3 is 0 Å². The Morgan fingerprint density at radius 2 is 2.00 bits per heavy atom. The SMILES string of the molecule is C#Cc1cccc(NC(=O)c2ccc3c(c2)C(=O)N(CC2CCCO2)C3=O)c1. The third kappa shape index (κ3) is 3.28. The molecule has 2 aromatic rings. The minimum Gasteiger partial charge on any atom is -0.376 e. The third-order valence-electron chi connectivity index (χ3n) is 4.93. The molecular weight excluding hydrogens is 356 g/mol. The Balaban J connectivity index is 1.54. The normalized spacial score (nSPS) is 18.1. The van der Waals surface area contributed by atoms with Gasteiger partial charge in [0.15, 0.2) is 0 Å². The zero-order chi connectivity index (χ0) is 19.7. The van der Waals surface area contributed by atoms with Crippen LogP contribution in [0.4, 0.5) is 5.69 Å². The summed E-state index contributed by atoms with van der Waals surface area (Å²) in [6, 6.07) is 11.5. The highest BCUT2D eigenvalue weighted by Gasteiger charge is 2.37. The number of fused-ring (bicyclic) bond motifs is 1. The summed E-state index contributed by atoms with van der Waals surface area (Å²) in [5.74, 6) is 1.40. The molecule has 1 unspecified atom stereocenters. The fourth-order valence-corrected chi connectivity index (χ4v) is 3.48. The average Bonchev–Trinajstić information content (AvgIpc) is 3.31. The van der Waals surface area contributed by atoms with Gasteiger partial charge in [0.2, 0.25) is 0 Å². The Hall–Kier alpha value is -3.43. The van der Waals surface area contributed by atoms with E-state index in [-0.39, 0.29) is 35.9 Å². The van der Waals surface area contributed by atoms with Crippen molar-refractivity contribution in [3.8, 4) is 12.3 Å². The molecule has 2 heterocycles. The number of amides is 3. The predicted octanol–water partition coefficient (Wildman–Crippen LogP) is 2.70. The van der Waals surface area contributed by atoms with Crippen molar-refractivity contribution in [1.82, 2.24) is 4.90 Å². The van der Waals surface area contributed by atoms with E-state index < -0.39 is 0 Å². The number of imide groups is 1. The van der Waals surface area contributed by atoms with Gasteiger partial charge in [0.25, 0.3) is 17.7 Å². The van der Waals surface area contributed by atoms with E-state index in [0.717, 1.165) is 12.8 Å². The van der Waals surface area contributed by atoms with Crippen LogP contribution in [0.3, 0.4) is 0 Å². The minimum atomic E-state index is -0.389. The van der Waals surface area contributed by atoms with Gasteiger partial charge in [0, 0.05) is 23.4 Å². The van der Waals surface area contributed by atoms with Crippen molar-refractivity contribution in [3.63, 3.8) is 0 Å². The first-order valence-corrected chi connectivity index (χ1v) is 9.06. The van der Waals surface area contributed by atoms with Crippen LogP contribution in [0.25, 0.3) is 0 Å². The Kier molecular flexibility index (Phi) is 4.68. The number of benzene rings is 2. The zero-order valence-electron chi connectivity index (χ0n) is 15.1. The highest BCUT2D eigenvalue weighted by Crippen LogP contribution is 2.26. The smallest absolute Gasteiger partial charge is 0.261 e.